The Kier molecular flexibility index (Phi) is 2.67. The van der Waals surface area contributed by atoms with Gasteiger partial charge in [-0.05, 0) is 0 Å². The molecule has 4 heterocycles. The highest BCUT2D eigenvalue weighted by atomic mass is 16.3. The van der Waals surface area contributed by atoms with E-state index in [-0.39, 0.29) is 0 Å². The summed E-state index contributed by atoms with van der Waals surface area (Å²) in [6.45, 7) is 0. The Morgan fingerprint density at radius 2 is 1.22 bits per heavy atom. The fraction of sp³-hybridized carbons (Fsp3) is 0. The third-order valence-corrected chi connectivity index (χ3v) is 2.26. The van der Waals surface area contributed by atoms with Crippen molar-refractivity contribution in [2.45, 2.75) is 0 Å². The molecule has 6 nitrogen and oxygen atoms in total. The summed E-state index contributed by atoms with van der Waals surface area (Å²) in [5, 5.41) is 0. The van der Waals surface area contributed by atoms with Crippen molar-refractivity contribution in [3.05, 3.63) is 49.7 Å². The van der Waals surface area contributed by atoms with Gasteiger partial charge in [0.25, 0.3) is 0 Å². The molecule has 0 saturated carbocycles. The van der Waals surface area contributed by atoms with Crippen LogP contribution < -0.4 is 0 Å². The first-order valence-electron chi connectivity index (χ1n) is 5.20. The van der Waals surface area contributed by atoms with Crippen molar-refractivity contribution < 1.29 is 8.83 Å². The van der Waals surface area contributed by atoms with E-state index in [2.05, 4.69) is 19.9 Å². The molecule has 0 bridgehead atoms. The van der Waals surface area contributed by atoms with Gasteiger partial charge in [-0.2, -0.15) is 0 Å². The molecule has 6 heteroatoms. The van der Waals surface area contributed by atoms with Crippen molar-refractivity contribution in [3.8, 4) is 0 Å². The number of hydrogen-bond donors (Lipinski definition) is 0. The maximum atomic E-state index is 4.99. The van der Waals surface area contributed by atoms with Gasteiger partial charge in [0.2, 0.25) is 0 Å². The highest BCUT2D eigenvalue weighted by Crippen LogP contribution is 2.08. The van der Waals surface area contributed by atoms with Crippen LogP contribution in [0, 0.1) is 0 Å². The van der Waals surface area contributed by atoms with Crippen molar-refractivity contribution in [2.75, 3.05) is 0 Å². The maximum Gasteiger partial charge on any atom is 0.170 e. The molecule has 0 N–H and O–H groups in total. The summed E-state index contributed by atoms with van der Waals surface area (Å²) in [7, 11) is 0. The van der Waals surface area contributed by atoms with Crippen LogP contribution in [0.1, 0.15) is 0 Å². The summed E-state index contributed by atoms with van der Waals surface area (Å²) < 4.78 is 9.99. The van der Waals surface area contributed by atoms with E-state index >= 15 is 0 Å². The highest BCUT2D eigenvalue weighted by Gasteiger charge is 1.93. The van der Waals surface area contributed by atoms with E-state index in [9.17, 15) is 0 Å². The van der Waals surface area contributed by atoms with Gasteiger partial charge >= 0.3 is 0 Å². The summed E-state index contributed by atoms with van der Waals surface area (Å²) in [6, 6.07) is 3.61. The number of furan rings is 2. The highest BCUT2D eigenvalue weighted by molar-refractivity contribution is 5.70. The van der Waals surface area contributed by atoms with Gasteiger partial charge in [-0.1, -0.05) is 0 Å². The van der Waals surface area contributed by atoms with E-state index in [1.165, 1.54) is 12.7 Å². The molecule has 88 valence electrons. The summed E-state index contributed by atoms with van der Waals surface area (Å²) in [6.07, 6.45) is 9.47. The number of rotatable bonds is 0. The SMILES string of the molecule is c1ncc2occc2n1.c1ncc2occc2n1. The van der Waals surface area contributed by atoms with Gasteiger partial charge in [0.15, 0.2) is 11.2 Å². The Balaban J connectivity index is 0.000000111. The predicted octanol–water partition coefficient (Wildman–Crippen LogP) is 2.45. The lowest BCUT2D eigenvalue weighted by Crippen LogP contribution is -1.72. The molecule has 0 aromatic carbocycles. The van der Waals surface area contributed by atoms with Gasteiger partial charge in [0.1, 0.15) is 23.7 Å². The first-order chi connectivity index (χ1) is 8.93. The molecule has 0 spiro atoms. The molecule has 4 aromatic heterocycles. The maximum absolute atomic E-state index is 4.99. The average Bonchev–Trinajstić information content (AvgIpc) is 3.08. The van der Waals surface area contributed by atoms with E-state index in [4.69, 9.17) is 8.83 Å². The average molecular weight is 240 g/mol. The molecule has 0 atom stereocenters. The van der Waals surface area contributed by atoms with Crippen molar-refractivity contribution in [2.24, 2.45) is 0 Å². The van der Waals surface area contributed by atoms with Crippen LogP contribution in [0.2, 0.25) is 0 Å². The molecule has 0 saturated heterocycles. The zero-order valence-electron chi connectivity index (χ0n) is 9.22. The zero-order chi connectivity index (χ0) is 12.2. The minimum Gasteiger partial charge on any atom is -0.461 e. The minimum atomic E-state index is 0.734. The largest absolute Gasteiger partial charge is 0.461 e. The summed E-state index contributed by atoms with van der Waals surface area (Å²) in [5.74, 6) is 0. The fourth-order valence-electron chi connectivity index (χ4n) is 1.43. The Hall–Kier alpha value is -2.76. The Morgan fingerprint density at radius 3 is 1.67 bits per heavy atom. The Labute approximate surface area is 101 Å². The Bertz CT molecular complexity index is 636. The normalized spacial score (nSPS) is 10.2. The number of aromatic nitrogens is 4. The van der Waals surface area contributed by atoms with E-state index in [1.54, 1.807) is 37.1 Å². The third-order valence-electron chi connectivity index (χ3n) is 2.26. The van der Waals surface area contributed by atoms with Gasteiger partial charge < -0.3 is 8.83 Å². The van der Waals surface area contributed by atoms with Gasteiger partial charge in [0, 0.05) is 12.1 Å². The van der Waals surface area contributed by atoms with Crippen LogP contribution >= 0.6 is 0 Å². The van der Waals surface area contributed by atoms with Gasteiger partial charge in [0.05, 0.1) is 24.9 Å². The molecule has 0 aliphatic carbocycles. The van der Waals surface area contributed by atoms with Gasteiger partial charge in [-0.3, -0.25) is 0 Å². The quantitative estimate of drug-likeness (QED) is 0.469. The van der Waals surface area contributed by atoms with Crippen LogP contribution in [0.4, 0.5) is 0 Å². The monoisotopic (exact) mass is 240 g/mol. The van der Waals surface area contributed by atoms with Crippen molar-refractivity contribution >= 4 is 22.2 Å². The van der Waals surface area contributed by atoms with Crippen LogP contribution in [-0.2, 0) is 0 Å². The second-order valence-corrected chi connectivity index (χ2v) is 3.39. The first kappa shape index (κ1) is 10.4. The first-order valence-corrected chi connectivity index (χ1v) is 5.20. The molecule has 0 amide bonds. The molecular weight excluding hydrogens is 232 g/mol. The standard InChI is InChI=1S/2C6H4N2O/c2*1-2-9-6-3-7-4-8-5(1)6/h2*1-4H. The lowest BCUT2D eigenvalue weighted by atomic mass is 10.5. The lowest BCUT2D eigenvalue weighted by molar-refractivity contribution is 0.613. The minimum absolute atomic E-state index is 0.734. The van der Waals surface area contributed by atoms with Crippen molar-refractivity contribution in [1.82, 2.24) is 19.9 Å². The smallest absolute Gasteiger partial charge is 0.170 e. The molecule has 4 rings (SSSR count). The molecule has 0 unspecified atom stereocenters. The van der Waals surface area contributed by atoms with E-state index < -0.39 is 0 Å². The Morgan fingerprint density at radius 1 is 0.722 bits per heavy atom. The number of hydrogen-bond acceptors (Lipinski definition) is 6. The zero-order valence-corrected chi connectivity index (χ0v) is 9.22. The number of fused-ring (bicyclic) bond motifs is 2. The lowest BCUT2D eigenvalue weighted by Gasteiger charge is -1.80. The molecule has 0 aliphatic heterocycles. The van der Waals surface area contributed by atoms with Gasteiger partial charge in [-0.15, -0.1) is 0 Å². The van der Waals surface area contributed by atoms with Crippen molar-refractivity contribution in [3.63, 3.8) is 0 Å². The van der Waals surface area contributed by atoms with Crippen LogP contribution in [0.5, 0.6) is 0 Å². The van der Waals surface area contributed by atoms with E-state index in [0.717, 1.165) is 22.2 Å². The second-order valence-electron chi connectivity index (χ2n) is 3.39. The van der Waals surface area contributed by atoms with Crippen LogP contribution in [-0.4, -0.2) is 19.9 Å². The van der Waals surface area contributed by atoms with E-state index in [0.29, 0.717) is 0 Å². The molecule has 18 heavy (non-hydrogen) atoms. The summed E-state index contributed by atoms with van der Waals surface area (Å²) in [5.41, 5.74) is 3.17. The second kappa shape index (κ2) is 4.62. The van der Waals surface area contributed by atoms with Crippen molar-refractivity contribution in [1.29, 1.82) is 0 Å². The topological polar surface area (TPSA) is 77.8 Å². The third kappa shape index (κ3) is 2.03. The summed E-state index contributed by atoms with van der Waals surface area (Å²) in [4.78, 5) is 15.4. The number of nitrogens with zero attached hydrogens (tertiary/aromatic N) is 4. The van der Waals surface area contributed by atoms with Crippen LogP contribution in [0.15, 0.2) is 58.5 Å². The molecule has 4 aromatic rings. The van der Waals surface area contributed by atoms with Gasteiger partial charge in [-0.25, -0.2) is 19.9 Å². The molecular formula is C12H8N4O2. The summed E-state index contributed by atoms with van der Waals surface area (Å²) >= 11 is 0. The van der Waals surface area contributed by atoms with Crippen LogP contribution in [0.25, 0.3) is 22.2 Å². The fourth-order valence-corrected chi connectivity index (χ4v) is 1.43. The molecule has 0 radical (unpaired) electrons. The molecule has 0 aliphatic rings. The van der Waals surface area contributed by atoms with E-state index in [1.807, 2.05) is 0 Å². The molecule has 0 fully saturated rings. The predicted molar refractivity (Wildman–Crippen MR) is 63.6 cm³/mol. The van der Waals surface area contributed by atoms with Crippen LogP contribution in [0.3, 0.4) is 0 Å².